The summed E-state index contributed by atoms with van der Waals surface area (Å²) < 4.78 is 14.6. The first kappa shape index (κ1) is 14.5. The van der Waals surface area contributed by atoms with Gasteiger partial charge in [0, 0.05) is 22.8 Å². The van der Waals surface area contributed by atoms with Crippen molar-refractivity contribution < 1.29 is 9.18 Å². The topological polar surface area (TPSA) is 20.3 Å². The van der Waals surface area contributed by atoms with Gasteiger partial charge in [-0.2, -0.15) is 0 Å². The lowest BCUT2D eigenvalue weighted by molar-refractivity contribution is -0.117. The van der Waals surface area contributed by atoms with Gasteiger partial charge in [0.05, 0.1) is 11.8 Å². The van der Waals surface area contributed by atoms with E-state index in [2.05, 4.69) is 15.9 Å². The van der Waals surface area contributed by atoms with Crippen LogP contribution in [0.2, 0.25) is 0 Å². The van der Waals surface area contributed by atoms with Crippen molar-refractivity contribution in [3.05, 3.63) is 63.4 Å². The number of benzene rings is 2. The summed E-state index contributed by atoms with van der Waals surface area (Å²) in [6.07, 6.45) is 0.363. The number of rotatable bonds is 2. The summed E-state index contributed by atoms with van der Waals surface area (Å²) in [5.74, 6) is -0.293. The van der Waals surface area contributed by atoms with E-state index >= 15 is 0 Å². The number of hydrogen-bond acceptors (Lipinski definition) is 1. The predicted octanol–water partition coefficient (Wildman–Crippen LogP) is 4.44. The summed E-state index contributed by atoms with van der Waals surface area (Å²) in [6.45, 7) is 0. The highest BCUT2D eigenvalue weighted by atomic mass is 79.9. The molecule has 0 fully saturated rings. The van der Waals surface area contributed by atoms with Crippen molar-refractivity contribution in [2.45, 2.75) is 11.8 Å². The average molecular weight is 369 g/mol. The number of amides is 1. The van der Waals surface area contributed by atoms with Gasteiger partial charge in [-0.15, -0.1) is 11.6 Å². The van der Waals surface area contributed by atoms with E-state index < -0.39 is 5.38 Å². The van der Waals surface area contributed by atoms with Crippen LogP contribution < -0.4 is 4.90 Å². The van der Waals surface area contributed by atoms with Crippen molar-refractivity contribution in [1.82, 2.24) is 0 Å². The van der Waals surface area contributed by atoms with E-state index in [1.54, 1.807) is 24.1 Å². The molecule has 0 aromatic heterocycles. The number of nitrogens with zero attached hydrogens (tertiary/aromatic N) is 1. The van der Waals surface area contributed by atoms with Crippen LogP contribution in [0, 0.1) is 5.82 Å². The molecule has 1 heterocycles. The lowest BCUT2D eigenvalue weighted by Gasteiger charge is -2.15. The Morgan fingerprint density at radius 3 is 2.81 bits per heavy atom. The van der Waals surface area contributed by atoms with Gasteiger partial charge in [-0.3, -0.25) is 4.79 Å². The minimum absolute atomic E-state index is 0.0559. The number of likely N-dealkylation sites (N-methyl/N-ethyl adjacent to an activating group) is 1. The molecule has 1 aliphatic rings. The minimum Gasteiger partial charge on any atom is -0.315 e. The Hall–Kier alpha value is -1.39. The fourth-order valence-corrected chi connectivity index (χ4v) is 3.63. The molecule has 0 aliphatic carbocycles. The summed E-state index contributed by atoms with van der Waals surface area (Å²) in [7, 11) is 1.75. The Kier molecular flexibility index (Phi) is 3.76. The van der Waals surface area contributed by atoms with Crippen molar-refractivity contribution >= 4 is 39.1 Å². The second kappa shape index (κ2) is 5.43. The zero-order valence-electron chi connectivity index (χ0n) is 11.2. The molecule has 2 aromatic carbocycles. The summed E-state index contributed by atoms with van der Waals surface area (Å²) in [6, 6.07) is 10.4. The van der Waals surface area contributed by atoms with Gasteiger partial charge in [0.25, 0.3) is 0 Å². The average Bonchev–Trinajstić information content (AvgIpc) is 2.73. The Bertz CT molecular complexity index is 714. The molecule has 0 saturated heterocycles. The molecule has 1 amide bonds. The maximum absolute atomic E-state index is 14.0. The van der Waals surface area contributed by atoms with E-state index in [1.165, 1.54) is 6.07 Å². The first-order valence-electron chi connectivity index (χ1n) is 6.46. The number of anilines is 1. The third kappa shape index (κ3) is 2.47. The first-order chi connectivity index (χ1) is 9.99. The fraction of sp³-hybridized carbons (Fsp3) is 0.188. The summed E-state index contributed by atoms with van der Waals surface area (Å²) >= 11 is 9.79. The standard InChI is InChI=1S/C16H12BrClFNO/c1-20-13-6-5-9(7-10(13)8-14(20)21)16(18)15-11(17)3-2-4-12(15)19/h2-7,16H,8H2,1H3. The van der Waals surface area contributed by atoms with Gasteiger partial charge in [0.15, 0.2) is 0 Å². The van der Waals surface area contributed by atoms with Crippen molar-refractivity contribution in [1.29, 1.82) is 0 Å². The second-order valence-corrected chi connectivity index (χ2v) is 6.31. The lowest BCUT2D eigenvalue weighted by atomic mass is 10.0. The van der Waals surface area contributed by atoms with Gasteiger partial charge in [0.2, 0.25) is 5.91 Å². The van der Waals surface area contributed by atoms with Gasteiger partial charge < -0.3 is 4.90 Å². The van der Waals surface area contributed by atoms with Gasteiger partial charge in [0.1, 0.15) is 5.82 Å². The predicted molar refractivity (Wildman–Crippen MR) is 85.4 cm³/mol. The van der Waals surface area contributed by atoms with Crippen molar-refractivity contribution in [2.75, 3.05) is 11.9 Å². The molecular formula is C16H12BrClFNO. The number of fused-ring (bicyclic) bond motifs is 1. The highest BCUT2D eigenvalue weighted by Crippen LogP contribution is 2.38. The third-order valence-electron chi connectivity index (χ3n) is 3.73. The second-order valence-electron chi connectivity index (χ2n) is 5.02. The Balaban J connectivity index is 2.02. The molecule has 0 bridgehead atoms. The van der Waals surface area contributed by atoms with Gasteiger partial charge in [-0.1, -0.05) is 34.1 Å². The monoisotopic (exact) mass is 367 g/mol. The smallest absolute Gasteiger partial charge is 0.231 e. The van der Waals surface area contributed by atoms with Crippen molar-refractivity contribution in [2.24, 2.45) is 0 Å². The number of halogens is 3. The largest absolute Gasteiger partial charge is 0.315 e. The molecule has 2 aromatic rings. The molecule has 1 unspecified atom stereocenters. The molecule has 0 saturated carbocycles. The molecule has 1 aliphatic heterocycles. The third-order valence-corrected chi connectivity index (χ3v) is 4.89. The maximum Gasteiger partial charge on any atom is 0.231 e. The Labute approximate surface area is 135 Å². The molecule has 108 valence electrons. The van der Waals surface area contributed by atoms with Gasteiger partial charge in [-0.25, -0.2) is 4.39 Å². The van der Waals surface area contributed by atoms with Crippen LogP contribution in [0.1, 0.15) is 22.1 Å². The normalized spacial score (nSPS) is 15.2. The highest BCUT2D eigenvalue weighted by molar-refractivity contribution is 9.10. The van der Waals surface area contributed by atoms with Crippen LogP contribution in [-0.4, -0.2) is 13.0 Å². The van der Waals surface area contributed by atoms with Crippen LogP contribution in [0.5, 0.6) is 0 Å². The molecule has 1 atom stereocenters. The van der Waals surface area contributed by atoms with E-state index in [-0.39, 0.29) is 11.7 Å². The van der Waals surface area contributed by atoms with E-state index in [9.17, 15) is 9.18 Å². The Morgan fingerprint density at radius 2 is 2.10 bits per heavy atom. The fourth-order valence-electron chi connectivity index (χ4n) is 2.57. The van der Waals surface area contributed by atoms with Crippen LogP contribution in [0.25, 0.3) is 0 Å². The van der Waals surface area contributed by atoms with Crippen LogP contribution in [0.4, 0.5) is 10.1 Å². The minimum atomic E-state index is -0.605. The van der Waals surface area contributed by atoms with E-state index in [0.29, 0.717) is 16.5 Å². The van der Waals surface area contributed by atoms with Crippen molar-refractivity contribution in [3.8, 4) is 0 Å². The SMILES string of the molecule is CN1C(=O)Cc2cc(C(Cl)c3c(F)cccc3Br)ccc21. The Morgan fingerprint density at radius 1 is 1.33 bits per heavy atom. The van der Waals surface area contributed by atoms with Crippen LogP contribution in [0.15, 0.2) is 40.9 Å². The first-order valence-corrected chi connectivity index (χ1v) is 7.69. The molecule has 3 rings (SSSR count). The van der Waals surface area contributed by atoms with E-state index in [4.69, 9.17) is 11.6 Å². The van der Waals surface area contributed by atoms with E-state index in [0.717, 1.165) is 16.8 Å². The van der Waals surface area contributed by atoms with E-state index in [1.807, 2.05) is 18.2 Å². The molecule has 0 N–H and O–H groups in total. The summed E-state index contributed by atoms with van der Waals surface area (Å²) in [5, 5.41) is -0.605. The zero-order valence-corrected chi connectivity index (χ0v) is 13.6. The highest BCUT2D eigenvalue weighted by Gasteiger charge is 2.26. The summed E-state index contributed by atoms with van der Waals surface area (Å²) in [4.78, 5) is 13.3. The van der Waals surface area contributed by atoms with Gasteiger partial charge in [-0.05, 0) is 29.3 Å². The number of carbonyl (C=O) groups excluding carboxylic acids is 1. The number of hydrogen-bond donors (Lipinski definition) is 0. The molecule has 21 heavy (non-hydrogen) atoms. The number of carbonyl (C=O) groups is 1. The van der Waals surface area contributed by atoms with Crippen LogP contribution >= 0.6 is 27.5 Å². The van der Waals surface area contributed by atoms with Crippen LogP contribution in [0.3, 0.4) is 0 Å². The lowest BCUT2D eigenvalue weighted by Crippen LogP contribution is -2.20. The summed E-state index contributed by atoms with van der Waals surface area (Å²) in [5.41, 5.74) is 3.01. The molecule has 0 spiro atoms. The number of alkyl halides is 1. The van der Waals surface area contributed by atoms with Crippen LogP contribution in [-0.2, 0) is 11.2 Å². The molecule has 2 nitrogen and oxygen atoms in total. The molecular weight excluding hydrogens is 357 g/mol. The zero-order chi connectivity index (χ0) is 15.1. The van der Waals surface area contributed by atoms with Gasteiger partial charge >= 0.3 is 0 Å². The quantitative estimate of drug-likeness (QED) is 0.718. The maximum atomic E-state index is 14.0. The molecule has 5 heteroatoms. The molecule has 0 radical (unpaired) electrons. The van der Waals surface area contributed by atoms with Crippen molar-refractivity contribution in [3.63, 3.8) is 0 Å².